The third-order valence-electron chi connectivity index (χ3n) is 9.05. The number of nitrogens with zero attached hydrogens (tertiary/aromatic N) is 8. The van der Waals surface area contributed by atoms with Crippen molar-refractivity contribution < 1.29 is 4.74 Å². The fourth-order valence-corrected chi connectivity index (χ4v) is 6.58. The molecule has 0 aliphatic carbocycles. The lowest BCUT2D eigenvalue weighted by molar-refractivity contribution is 0.0982. The Balaban J connectivity index is 1.11. The first-order valence-electron chi connectivity index (χ1n) is 15.6. The Morgan fingerprint density at radius 3 is 2.49 bits per heavy atom. The van der Waals surface area contributed by atoms with Crippen LogP contribution in [0.4, 0.5) is 34.4 Å². The molecule has 2 aliphatic heterocycles. The van der Waals surface area contributed by atoms with Crippen LogP contribution in [-0.4, -0.2) is 108 Å². The second kappa shape index (κ2) is 12.4. The quantitative estimate of drug-likeness (QED) is 0.229. The number of aromatic amines is 1. The highest BCUT2D eigenvalue weighted by Crippen LogP contribution is 2.37. The van der Waals surface area contributed by atoms with Crippen molar-refractivity contribution >= 4 is 56.5 Å². The minimum Gasteiger partial charge on any atom is -0.493 e. The predicted molar refractivity (Wildman–Crippen MR) is 182 cm³/mol. The number of nitrogens with one attached hydrogen (secondary N) is 3. The van der Waals surface area contributed by atoms with Gasteiger partial charge in [-0.05, 0) is 38.1 Å². The second-order valence-electron chi connectivity index (χ2n) is 12.1. The maximum absolute atomic E-state index is 5.82. The van der Waals surface area contributed by atoms with E-state index in [1.807, 2.05) is 50.8 Å². The average Bonchev–Trinajstić information content (AvgIpc) is 3.54. The molecule has 4 aromatic heterocycles. The third-order valence-corrected chi connectivity index (χ3v) is 9.05. The largest absolute Gasteiger partial charge is 0.493 e. The van der Waals surface area contributed by atoms with Crippen molar-refractivity contribution in [3.8, 4) is 5.75 Å². The number of H-pyrrole nitrogens is 1. The fourth-order valence-electron chi connectivity index (χ4n) is 6.58. The van der Waals surface area contributed by atoms with Crippen LogP contribution in [0.2, 0.25) is 0 Å². The van der Waals surface area contributed by atoms with E-state index in [0.29, 0.717) is 23.4 Å². The highest BCUT2D eigenvalue weighted by Gasteiger charge is 2.27. The van der Waals surface area contributed by atoms with Gasteiger partial charge in [0.15, 0.2) is 11.6 Å². The minimum absolute atomic E-state index is 0.618. The molecule has 45 heavy (non-hydrogen) atoms. The van der Waals surface area contributed by atoms with Crippen LogP contribution in [0.5, 0.6) is 5.75 Å². The molecule has 0 amide bonds. The van der Waals surface area contributed by atoms with E-state index in [4.69, 9.17) is 14.7 Å². The number of anilines is 6. The van der Waals surface area contributed by atoms with Gasteiger partial charge in [0.25, 0.3) is 0 Å². The van der Waals surface area contributed by atoms with E-state index in [9.17, 15) is 0 Å². The van der Waals surface area contributed by atoms with E-state index in [2.05, 4.69) is 58.3 Å². The SMILES string of the molecule is COc1cc(N2CCC(N3CCN(C)CC3)CC2)cnc1Nc1cc(Nc2ccc3nccnc3c2N(C)C)c2cc[nH]c2n1. The summed E-state index contributed by atoms with van der Waals surface area (Å²) in [6.07, 6.45) is 9.60. The van der Waals surface area contributed by atoms with E-state index in [1.165, 1.54) is 25.9 Å². The molecule has 3 N–H and O–H groups in total. The molecule has 2 fully saturated rings. The number of benzene rings is 1. The fraction of sp³-hybridized carbons (Fsp3) is 0.394. The standard InChI is InChI=1S/C33H41N11O/c1-41(2)31-26(6-5-25-30(31)35-12-11-34-25)38-27-20-29(39-32-24(27)7-10-36-32)40-33-28(45-4)19-23(21-37-33)43-13-8-22(9-14-43)44-17-15-42(3)16-18-44/h5-7,10-12,19-22H,8-9,13-18H2,1-4H3,(H3,36,37,38,39,40). The molecule has 7 rings (SSSR count). The number of rotatable bonds is 8. The maximum atomic E-state index is 5.82. The zero-order valence-electron chi connectivity index (χ0n) is 26.4. The summed E-state index contributed by atoms with van der Waals surface area (Å²) in [5, 5.41) is 8.02. The van der Waals surface area contributed by atoms with Crippen molar-refractivity contribution in [1.29, 1.82) is 0 Å². The van der Waals surface area contributed by atoms with E-state index in [0.717, 1.165) is 71.0 Å². The van der Waals surface area contributed by atoms with Crippen molar-refractivity contribution in [3.63, 3.8) is 0 Å². The second-order valence-corrected chi connectivity index (χ2v) is 12.1. The molecule has 6 heterocycles. The Morgan fingerprint density at radius 2 is 1.71 bits per heavy atom. The molecule has 0 spiro atoms. The summed E-state index contributed by atoms with van der Waals surface area (Å²) in [4.78, 5) is 31.6. The molecule has 0 radical (unpaired) electrons. The predicted octanol–water partition coefficient (Wildman–Crippen LogP) is 4.68. The number of piperazine rings is 1. The molecule has 0 bridgehead atoms. The summed E-state index contributed by atoms with van der Waals surface area (Å²) in [6.45, 7) is 6.70. The lowest BCUT2D eigenvalue weighted by Crippen LogP contribution is -2.52. The Morgan fingerprint density at radius 1 is 0.911 bits per heavy atom. The summed E-state index contributed by atoms with van der Waals surface area (Å²) in [5.74, 6) is 1.94. The molecule has 1 aromatic carbocycles. The van der Waals surface area contributed by atoms with Crippen LogP contribution in [0.25, 0.3) is 22.1 Å². The summed E-state index contributed by atoms with van der Waals surface area (Å²) in [7, 11) is 7.92. The Labute approximate surface area is 263 Å². The van der Waals surface area contributed by atoms with Crippen LogP contribution >= 0.6 is 0 Å². The Kier molecular flexibility index (Phi) is 7.99. The zero-order valence-corrected chi connectivity index (χ0v) is 26.4. The van der Waals surface area contributed by atoms with Gasteiger partial charge in [0.2, 0.25) is 0 Å². The van der Waals surface area contributed by atoms with E-state index >= 15 is 0 Å². The van der Waals surface area contributed by atoms with Crippen LogP contribution in [-0.2, 0) is 0 Å². The van der Waals surface area contributed by atoms with Gasteiger partial charge in [0.05, 0.1) is 41.6 Å². The van der Waals surface area contributed by atoms with Crippen molar-refractivity contribution in [2.75, 3.05) is 88.0 Å². The van der Waals surface area contributed by atoms with Crippen molar-refractivity contribution in [2.24, 2.45) is 0 Å². The van der Waals surface area contributed by atoms with Crippen molar-refractivity contribution in [3.05, 3.63) is 55.1 Å². The first-order valence-corrected chi connectivity index (χ1v) is 15.6. The monoisotopic (exact) mass is 607 g/mol. The molecule has 5 aromatic rings. The van der Waals surface area contributed by atoms with Gasteiger partial charge in [-0.25, -0.2) is 9.97 Å². The van der Waals surface area contributed by atoms with Gasteiger partial charge < -0.3 is 35.1 Å². The third kappa shape index (κ3) is 5.90. The molecule has 12 nitrogen and oxygen atoms in total. The highest BCUT2D eigenvalue weighted by molar-refractivity contribution is 6.00. The number of aromatic nitrogens is 5. The first-order chi connectivity index (χ1) is 22.0. The van der Waals surface area contributed by atoms with Crippen LogP contribution in [0, 0.1) is 0 Å². The normalized spacial score (nSPS) is 16.8. The van der Waals surface area contributed by atoms with Crippen molar-refractivity contribution in [2.45, 2.75) is 18.9 Å². The summed E-state index contributed by atoms with van der Waals surface area (Å²) >= 11 is 0. The van der Waals surface area contributed by atoms with Gasteiger partial charge in [-0.1, -0.05) is 0 Å². The number of pyridine rings is 2. The van der Waals surface area contributed by atoms with Crippen LogP contribution in [0.3, 0.4) is 0 Å². The summed E-state index contributed by atoms with van der Waals surface area (Å²) < 4.78 is 5.82. The van der Waals surface area contributed by atoms with Gasteiger partial charge in [-0.2, -0.15) is 0 Å². The van der Waals surface area contributed by atoms with E-state index in [-0.39, 0.29) is 0 Å². The molecule has 2 aliphatic rings. The Hall–Kier alpha value is -4.68. The van der Waals surface area contributed by atoms with Gasteiger partial charge in [0.1, 0.15) is 17.0 Å². The number of methoxy groups -OCH3 is 1. The molecule has 0 atom stereocenters. The number of fused-ring (bicyclic) bond motifs is 2. The average molecular weight is 608 g/mol. The molecule has 0 unspecified atom stereocenters. The molecule has 2 saturated heterocycles. The van der Waals surface area contributed by atoms with Crippen LogP contribution < -0.4 is 25.2 Å². The van der Waals surface area contributed by atoms with Gasteiger partial charge >= 0.3 is 0 Å². The maximum Gasteiger partial charge on any atom is 0.174 e. The number of hydrogen-bond donors (Lipinski definition) is 3. The summed E-state index contributed by atoms with van der Waals surface area (Å²) in [5.41, 5.74) is 6.30. The topological polar surface area (TPSA) is 114 Å². The first kappa shape index (κ1) is 29.1. The smallest absolute Gasteiger partial charge is 0.174 e. The van der Waals surface area contributed by atoms with E-state index < -0.39 is 0 Å². The van der Waals surface area contributed by atoms with Gasteiger partial charge in [-0.15, -0.1) is 0 Å². The number of hydrogen-bond acceptors (Lipinski definition) is 11. The van der Waals surface area contributed by atoms with Crippen LogP contribution in [0.15, 0.2) is 55.1 Å². The zero-order chi connectivity index (χ0) is 30.9. The number of piperidine rings is 1. The lowest BCUT2D eigenvalue weighted by Gasteiger charge is -2.42. The van der Waals surface area contributed by atoms with Gasteiger partial charge in [0, 0.05) is 95.5 Å². The number of likely N-dealkylation sites (N-methyl/N-ethyl adjacent to an activating group) is 1. The number of ether oxygens (including phenoxy) is 1. The Bertz CT molecular complexity index is 1790. The molecular formula is C33H41N11O. The van der Waals surface area contributed by atoms with Crippen LogP contribution in [0.1, 0.15) is 12.8 Å². The van der Waals surface area contributed by atoms with E-state index in [1.54, 1.807) is 19.5 Å². The van der Waals surface area contributed by atoms with Crippen molar-refractivity contribution in [1.82, 2.24) is 34.7 Å². The molecule has 234 valence electrons. The summed E-state index contributed by atoms with van der Waals surface area (Å²) in [6, 6.07) is 10.8. The highest BCUT2D eigenvalue weighted by atomic mass is 16.5. The van der Waals surface area contributed by atoms with Gasteiger partial charge in [-0.3, -0.25) is 14.9 Å². The molecule has 0 saturated carbocycles. The molecular weight excluding hydrogens is 566 g/mol. The lowest BCUT2D eigenvalue weighted by atomic mass is 10.0. The molecule has 12 heteroatoms. The minimum atomic E-state index is 0.618.